The number of allylic oxidation sites excluding steroid dienone is 9. The molecular formula is C46H35N7. The molecule has 7 nitrogen and oxygen atoms in total. The normalized spacial score (nSPS) is 22.1. The van der Waals surface area contributed by atoms with E-state index in [-0.39, 0.29) is 23.2 Å². The van der Waals surface area contributed by atoms with Crippen molar-refractivity contribution >= 4 is 38.8 Å². The topological polar surface area (TPSA) is 107 Å². The fraction of sp³-hybridized carbons (Fsp3) is 0.196. The first-order valence-corrected chi connectivity index (χ1v) is 18.1. The summed E-state index contributed by atoms with van der Waals surface area (Å²) in [4.78, 5) is 10.1. The van der Waals surface area contributed by atoms with Gasteiger partial charge in [0.25, 0.3) is 0 Å². The lowest BCUT2D eigenvalue weighted by Crippen LogP contribution is -2.33. The van der Waals surface area contributed by atoms with Gasteiger partial charge in [-0.1, -0.05) is 68.5 Å². The summed E-state index contributed by atoms with van der Waals surface area (Å²) in [6, 6.07) is 27.9. The van der Waals surface area contributed by atoms with Crippen LogP contribution in [0.4, 0.5) is 0 Å². The minimum Gasteiger partial charge on any atom is -0.297 e. The average Bonchev–Trinajstić information content (AvgIpc) is 3.62. The summed E-state index contributed by atoms with van der Waals surface area (Å²) in [5, 5.41) is 32.9. The molecule has 9 rings (SSSR count). The van der Waals surface area contributed by atoms with E-state index in [1.165, 1.54) is 0 Å². The van der Waals surface area contributed by atoms with Gasteiger partial charge in [0.1, 0.15) is 11.6 Å². The van der Waals surface area contributed by atoms with E-state index in [1.807, 2.05) is 48.8 Å². The number of hydrogen-bond donors (Lipinski definition) is 0. The van der Waals surface area contributed by atoms with Crippen LogP contribution in [0.1, 0.15) is 55.0 Å². The molecule has 0 N–H and O–H groups in total. The molecule has 0 spiro atoms. The third-order valence-corrected chi connectivity index (χ3v) is 11.5. The quantitative estimate of drug-likeness (QED) is 0.184. The van der Waals surface area contributed by atoms with Gasteiger partial charge in [-0.05, 0) is 103 Å². The van der Waals surface area contributed by atoms with Gasteiger partial charge in [0.15, 0.2) is 0 Å². The highest BCUT2D eigenvalue weighted by Gasteiger charge is 2.41. The molecule has 0 saturated heterocycles. The molecule has 3 aliphatic rings. The van der Waals surface area contributed by atoms with E-state index in [0.29, 0.717) is 24.8 Å². The maximum atomic E-state index is 9.98. The van der Waals surface area contributed by atoms with Crippen molar-refractivity contribution in [2.75, 3.05) is 0 Å². The van der Waals surface area contributed by atoms with Crippen LogP contribution in [0.25, 0.3) is 50.4 Å². The predicted octanol–water partition coefficient (Wildman–Crippen LogP) is 10.1. The predicted molar refractivity (Wildman–Crippen MR) is 209 cm³/mol. The van der Waals surface area contributed by atoms with Crippen molar-refractivity contribution in [3.05, 3.63) is 149 Å². The molecule has 4 unspecified atom stereocenters. The molecule has 4 atom stereocenters. The van der Waals surface area contributed by atoms with Crippen LogP contribution in [0.3, 0.4) is 0 Å². The average molecular weight is 686 g/mol. The summed E-state index contributed by atoms with van der Waals surface area (Å²) >= 11 is 0. The van der Waals surface area contributed by atoms with Crippen molar-refractivity contribution in [2.24, 2.45) is 17.3 Å². The molecule has 4 heterocycles. The minimum absolute atomic E-state index is 0.0392. The maximum absolute atomic E-state index is 9.98. The first-order chi connectivity index (χ1) is 25.9. The van der Waals surface area contributed by atoms with Crippen LogP contribution >= 0.6 is 0 Å². The van der Waals surface area contributed by atoms with Crippen molar-refractivity contribution in [3.63, 3.8) is 0 Å². The maximum Gasteiger partial charge on any atom is 0.140 e. The number of aromatic nitrogens is 4. The first kappa shape index (κ1) is 32.2. The minimum atomic E-state index is -0.298. The fourth-order valence-electron chi connectivity index (χ4n) is 9.05. The Morgan fingerprint density at radius 2 is 1.55 bits per heavy atom. The van der Waals surface area contributed by atoms with Crippen LogP contribution < -0.4 is 0 Å². The summed E-state index contributed by atoms with van der Waals surface area (Å²) < 4.78 is 4.47. The zero-order chi connectivity index (χ0) is 36.3. The fourth-order valence-corrected chi connectivity index (χ4v) is 9.05. The molecule has 53 heavy (non-hydrogen) atoms. The summed E-state index contributed by atoms with van der Waals surface area (Å²) in [5.41, 5.74) is 7.94. The van der Waals surface area contributed by atoms with E-state index in [1.54, 1.807) is 0 Å². The number of nitrogens with zero attached hydrogens (tertiary/aromatic N) is 7. The highest BCUT2D eigenvalue weighted by Crippen LogP contribution is 2.50. The van der Waals surface area contributed by atoms with Crippen molar-refractivity contribution in [2.45, 2.75) is 39.0 Å². The molecule has 2 aromatic carbocycles. The van der Waals surface area contributed by atoms with Gasteiger partial charge in [0.05, 0.1) is 46.5 Å². The van der Waals surface area contributed by atoms with Gasteiger partial charge in [0.2, 0.25) is 0 Å². The van der Waals surface area contributed by atoms with Crippen LogP contribution in [-0.2, 0) is 6.42 Å². The Labute approximate surface area is 308 Å². The van der Waals surface area contributed by atoms with E-state index in [2.05, 4.69) is 119 Å². The van der Waals surface area contributed by atoms with E-state index in [4.69, 9.17) is 4.98 Å². The Kier molecular flexibility index (Phi) is 7.58. The highest BCUT2D eigenvalue weighted by atomic mass is 15.1. The van der Waals surface area contributed by atoms with Gasteiger partial charge >= 0.3 is 0 Å². The Bertz CT molecular complexity index is 2750. The van der Waals surface area contributed by atoms with Crippen LogP contribution in [0.5, 0.6) is 0 Å². The van der Waals surface area contributed by atoms with Crippen LogP contribution in [0.2, 0.25) is 0 Å². The van der Waals surface area contributed by atoms with Gasteiger partial charge in [-0.15, -0.1) is 0 Å². The molecular weight excluding hydrogens is 651 g/mol. The molecule has 3 aliphatic carbocycles. The summed E-state index contributed by atoms with van der Waals surface area (Å²) in [6.07, 6.45) is 22.9. The van der Waals surface area contributed by atoms with Crippen molar-refractivity contribution in [3.8, 4) is 29.8 Å². The van der Waals surface area contributed by atoms with Crippen LogP contribution in [0.15, 0.2) is 127 Å². The molecule has 4 aromatic heterocycles. The molecule has 0 amide bonds. The van der Waals surface area contributed by atoms with E-state index < -0.39 is 0 Å². The third-order valence-electron chi connectivity index (χ3n) is 11.5. The molecule has 254 valence electrons. The summed E-state index contributed by atoms with van der Waals surface area (Å²) in [6.45, 7) is 4.56. The SMILES string of the molecule is CC1C=CC=CC(C2(C)C=CC=C(C#N)C2)C1c1cc(-n2c3c(c4cc(C#N)ccc42)C=C(C#N)CC3)nc(-n2c3ccccc3c3ccncc32)c1. The largest absolute Gasteiger partial charge is 0.297 e. The van der Waals surface area contributed by atoms with Crippen LogP contribution in [-0.4, -0.2) is 19.1 Å². The second kappa shape index (κ2) is 12.5. The molecule has 0 aliphatic heterocycles. The number of rotatable bonds is 4. The number of hydrogen-bond acceptors (Lipinski definition) is 5. The zero-order valence-corrected chi connectivity index (χ0v) is 29.5. The van der Waals surface area contributed by atoms with E-state index >= 15 is 0 Å². The lowest BCUT2D eigenvalue weighted by Gasteiger charge is -2.41. The number of para-hydroxylation sites is 1. The standard InChI is InChI=1S/C46H35N7/c1-29-8-3-5-11-38(46(2)18-7-9-32(24-46)27-49)45(29)33-22-43(51-44(23-33)53-39-12-6-4-10-34(39)35-17-19-50-28-42(35)53)52-40-15-13-30(25-47)20-36(40)37-21-31(26-48)14-16-41(37)52/h3-13,15,17-23,28-29,38,45H,14,16,24H2,1-2H3. The first-order valence-electron chi connectivity index (χ1n) is 18.1. The van der Waals surface area contributed by atoms with Crippen LogP contribution in [0, 0.1) is 51.2 Å². The van der Waals surface area contributed by atoms with E-state index in [0.717, 1.165) is 72.3 Å². The lowest BCUT2D eigenvalue weighted by molar-refractivity contribution is 0.238. The van der Waals surface area contributed by atoms with Crippen molar-refractivity contribution in [1.29, 1.82) is 15.8 Å². The Morgan fingerprint density at radius 1 is 0.774 bits per heavy atom. The van der Waals surface area contributed by atoms with Crippen molar-refractivity contribution in [1.82, 2.24) is 19.1 Å². The van der Waals surface area contributed by atoms with Gasteiger partial charge < -0.3 is 0 Å². The lowest BCUT2D eigenvalue weighted by atomic mass is 9.62. The third kappa shape index (κ3) is 5.15. The van der Waals surface area contributed by atoms with Gasteiger partial charge in [0, 0.05) is 44.8 Å². The molecule has 0 saturated carbocycles. The monoisotopic (exact) mass is 685 g/mol. The van der Waals surface area contributed by atoms with Crippen molar-refractivity contribution < 1.29 is 0 Å². The highest BCUT2D eigenvalue weighted by molar-refractivity contribution is 6.08. The smallest absolute Gasteiger partial charge is 0.140 e. The number of fused-ring (bicyclic) bond motifs is 6. The Morgan fingerprint density at radius 3 is 2.38 bits per heavy atom. The van der Waals surface area contributed by atoms with Gasteiger partial charge in [-0.3, -0.25) is 14.1 Å². The number of benzene rings is 2. The Balaban J connectivity index is 1.36. The molecule has 7 heteroatoms. The molecule has 6 aromatic rings. The molecule has 0 radical (unpaired) electrons. The van der Waals surface area contributed by atoms with Gasteiger partial charge in [-0.2, -0.15) is 15.8 Å². The Hall–Kier alpha value is -6.75. The second-order valence-electron chi connectivity index (χ2n) is 14.7. The summed E-state index contributed by atoms with van der Waals surface area (Å²) in [5.74, 6) is 1.84. The second-order valence-corrected chi connectivity index (χ2v) is 14.7. The summed E-state index contributed by atoms with van der Waals surface area (Å²) in [7, 11) is 0. The number of pyridine rings is 2. The van der Waals surface area contributed by atoms with Gasteiger partial charge in [-0.25, -0.2) is 4.98 Å². The van der Waals surface area contributed by atoms with E-state index in [9.17, 15) is 15.8 Å². The zero-order valence-electron chi connectivity index (χ0n) is 29.5. The number of nitriles is 3. The molecule has 0 bridgehead atoms. The molecule has 0 fully saturated rings.